The molecule has 0 fully saturated rings. The maximum absolute atomic E-state index is 12.9. The predicted octanol–water partition coefficient (Wildman–Crippen LogP) is 2.36. The van der Waals surface area contributed by atoms with E-state index in [0.717, 1.165) is 5.56 Å². The molecule has 2 amide bonds. The van der Waals surface area contributed by atoms with Crippen molar-refractivity contribution in [3.63, 3.8) is 0 Å². The van der Waals surface area contributed by atoms with Gasteiger partial charge in [-0.15, -0.1) is 6.58 Å². The number of carbonyl (C=O) groups excluding carboxylic acids is 2. The number of hydrogen-bond donors (Lipinski definition) is 2. The van der Waals surface area contributed by atoms with Gasteiger partial charge in [-0.2, -0.15) is 0 Å². The summed E-state index contributed by atoms with van der Waals surface area (Å²) in [5.41, 5.74) is 1.64. The topological polar surface area (TPSA) is 75.5 Å². The maximum atomic E-state index is 12.9. The Bertz CT molecular complexity index is 979. The third-order valence-corrected chi connectivity index (χ3v) is 3.99. The van der Waals surface area contributed by atoms with Gasteiger partial charge in [0.2, 0.25) is 5.82 Å². The van der Waals surface area contributed by atoms with Crippen LogP contribution in [0.4, 0.5) is 4.39 Å². The highest BCUT2D eigenvalue weighted by molar-refractivity contribution is 6.02. The summed E-state index contributed by atoms with van der Waals surface area (Å²) in [4.78, 5) is 29.1. The summed E-state index contributed by atoms with van der Waals surface area (Å²) in [5.74, 6) is -0.924. The van der Waals surface area contributed by atoms with Crippen molar-refractivity contribution in [3.8, 4) is 0 Å². The smallest absolute Gasteiger partial charge is 0.287 e. The molecule has 1 aromatic carbocycles. The van der Waals surface area contributed by atoms with E-state index < -0.39 is 0 Å². The van der Waals surface area contributed by atoms with Gasteiger partial charge in [0.25, 0.3) is 11.8 Å². The molecule has 0 spiro atoms. The van der Waals surface area contributed by atoms with Crippen LogP contribution in [0, 0.1) is 5.82 Å². The second-order valence-electron chi connectivity index (χ2n) is 5.87. The van der Waals surface area contributed by atoms with Crippen molar-refractivity contribution in [1.82, 2.24) is 20.0 Å². The number of hydrogen-bond acceptors (Lipinski definition) is 3. The molecule has 2 N–H and O–H groups in total. The van der Waals surface area contributed by atoms with Gasteiger partial charge in [-0.05, 0) is 36.2 Å². The number of rotatable bonds is 7. The van der Waals surface area contributed by atoms with Gasteiger partial charge < -0.3 is 10.6 Å². The summed E-state index contributed by atoms with van der Waals surface area (Å²) in [6.07, 6.45) is 3.81. The lowest BCUT2D eigenvalue weighted by atomic mass is 10.1. The van der Waals surface area contributed by atoms with E-state index in [1.54, 1.807) is 47.0 Å². The summed E-state index contributed by atoms with van der Waals surface area (Å²) in [6, 6.07) is 11.4. The maximum Gasteiger partial charge on any atom is 0.287 e. The van der Waals surface area contributed by atoms with E-state index in [9.17, 15) is 14.0 Å². The quantitative estimate of drug-likeness (QED) is 0.631. The number of pyridine rings is 1. The highest BCUT2D eigenvalue weighted by Gasteiger charge is 2.20. The zero-order valence-electron chi connectivity index (χ0n) is 14.6. The zero-order valence-corrected chi connectivity index (χ0v) is 14.6. The highest BCUT2D eigenvalue weighted by Crippen LogP contribution is 2.13. The van der Waals surface area contributed by atoms with E-state index in [4.69, 9.17) is 0 Å². The lowest BCUT2D eigenvalue weighted by Crippen LogP contribution is -2.28. The molecule has 0 atom stereocenters. The Morgan fingerprint density at radius 3 is 2.63 bits per heavy atom. The van der Waals surface area contributed by atoms with Crippen molar-refractivity contribution < 1.29 is 14.0 Å². The van der Waals surface area contributed by atoms with Crippen LogP contribution in [0.1, 0.15) is 26.7 Å². The molecule has 6 nitrogen and oxygen atoms in total. The molecule has 2 heterocycles. The van der Waals surface area contributed by atoms with Gasteiger partial charge >= 0.3 is 0 Å². The molecule has 0 aliphatic rings. The second-order valence-corrected chi connectivity index (χ2v) is 5.87. The SMILES string of the molecule is C=CCNC(=O)c1nc(C(=O)NCCc2ccc(F)cc2)n2ccccc12. The third kappa shape index (κ3) is 4.20. The van der Waals surface area contributed by atoms with Crippen LogP contribution in [0.25, 0.3) is 5.52 Å². The molecule has 138 valence electrons. The van der Waals surface area contributed by atoms with Crippen LogP contribution in [0.15, 0.2) is 61.3 Å². The second kappa shape index (κ2) is 8.27. The molecule has 0 saturated carbocycles. The minimum absolute atomic E-state index is 0.133. The monoisotopic (exact) mass is 366 g/mol. The molecule has 0 aliphatic carbocycles. The van der Waals surface area contributed by atoms with Crippen molar-refractivity contribution >= 4 is 17.3 Å². The van der Waals surface area contributed by atoms with Gasteiger partial charge in [0.15, 0.2) is 5.69 Å². The molecule has 7 heteroatoms. The number of benzene rings is 1. The molecule has 3 rings (SSSR count). The zero-order chi connectivity index (χ0) is 19.2. The molecule has 0 bridgehead atoms. The molecule has 0 aliphatic heterocycles. The van der Waals surface area contributed by atoms with E-state index in [1.807, 2.05) is 0 Å². The summed E-state index contributed by atoms with van der Waals surface area (Å²) >= 11 is 0. The van der Waals surface area contributed by atoms with Crippen molar-refractivity contribution in [3.05, 3.63) is 84.2 Å². The summed E-state index contributed by atoms with van der Waals surface area (Å²) in [6.45, 7) is 4.24. The van der Waals surface area contributed by atoms with Crippen molar-refractivity contribution in [2.75, 3.05) is 13.1 Å². The Labute approximate surface area is 155 Å². The Balaban J connectivity index is 1.75. The standard InChI is InChI=1S/C20H19FN4O2/c1-2-11-22-19(26)17-16-5-3-4-13-25(16)18(24-17)20(27)23-12-10-14-6-8-15(21)9-7-14/h2-9,13H,1,10-12H2,(H,22,26)(H,23,27). The summed E-state index contributed by atoms with van der Waals surface area (Å²) in [5, 5.41) is 5.45. The highest BCUT2D eigenvalue weighted by atomic mass is 19.1. The minimum Gasteiger partial charge on any atom is -0.349 e. The van der Waals surface area contributed by atoms with Crippen molar-refractivity contribution in [2.45, 2.75) is 6.42 Å². The van der Waals surface area contributed by atoms with E-state index in [0.29, 0.717) is 25.0 Å². The fourth-order valence-corrected chi connectivity index (χ4v) is 2.66. The lowest BCUT2D eigenvalue weighted by Gasteiger charge is -2.05. The number of aromatic nitrogens is 2. The first-order valence-electron chi connectivity index (χ1n) is 8.49. The molecule has 0 radical (unpaired) electrons. The van der Waals surface area contributed by atoms with E-state index in [2.05, 4.69) is 22.2 Å². The van der Waals surface area contributed by atoms with Crippen LogP contribution in [0.3, 0.4) is 0 Å². The van der Waals surface area contributed by atoms with Crippen molar-refractivity contribution in [2.24, 2.45) is 0 Å². The third-order valence-electron chi connectivity index (χ3n) is 3.99. The van der Waals surface area contributed by atoms with Crippen LogP contribution in [-0.2, 0) is 6.42 Å². The van der Waals surface area contributed by atoms with E-state index >= 15 is 0 Å². The van der Waals surface area contributed by atoms with Gasteiger partial charge in [-0.25, -0.2) is 9.37 Å². The number of nitrogens with one attached hydrogen (secondary N) is 2. The first-order chi connectivity index (χ1) is 13.1. The van der Waals surface area contributed by atoms with Gasteiger partial charge in [0.1, 0.15) is 5.82 Å². The Morgan fingerprint density at radius 2 is 1.89 bits per heavy atom. The molecule has 3 aromatic rings. The van der Waals surface area contributed by atoms with Crippen LogP contribution in [0.5, 0.6) is 0 Å². The van der Waals surface area contributed by atoms with Crippen LogP contribution >= 0.6 is 0 Å². The predicted molar refractivity (Wildman–Crippen MR) is 100 cm³/mol. The molecule has 0 unspecified atom stereocenters. The number of amides is 2. The largest absolute Gasteiger partial charge is 0.349 e. The molecule has 0 saturated heterocycles. The molecular formula is C20H19FN4O2. The number of carbonyl (C=O) groups is 2. The van der Waals surface area contributed by atoms with Crippen LogP contribution in [0.2, 0.25) is 0 Å². The van der Waals surface area contributed by atoms with Crippen molar-refractivity contribution in [1.29, 1.82) is 0 Å². The number of nitrogens with zero attached hydrogens (tertiary/aromatic N) is 2. The Hall–Kier alpha value is -3.48. The van der Waals surface area contributed by atoms with Crippen LogP contribution < -0.4 is 10.6 Å². The number of halogens is 1. The average Bonchev–Trinajstić information content (AvgIpc) is 3.07. The van der Waals surface area contributed by atoms with Gasteiger partial charge in [-0.3, -0.25) is 14.0 Å². The molecular weight excluding hydrogens is 347 g/mol. The number of fused-ring (bicyclic) bond motifs is 1. The number of imidazole rings is 1. The average molecular weight is 366 g/mol. The Kier molecular flexibility index (Phi) is 5.61. The summed E-state index contributed by atoms with van der Waals surface area (Å²) in [7, 11) is 0. The fraction of sp³-hybridized carbons (Fsp3) is 0.150. The van der Waals surface area contributed by atoms with Gasteiger partial charge in [0.05, 0.1) is 5.52 Å². The first kappa shape index (κ1) is 18.3. The van der Waals surface area contributed by atoms with E-state index in [-0.39, 0.29) is 29.1 Å². The Morgan fingerprint density at radius 1 is 1.11 bits per heavy atom. The molecule has 2 aromatic heterocycles. The normalized spacial score (nSPS) is 10.6. The van der Waals surface area contributed by atoms with Gasteiger partial charge in [0, 0.05) is 19.3 Å². The minimum atomic E-state index is -0.388. The lowest BCUT2D eigenvalue weighted by molar-refractivity contribution is 0.0943. The first-order valence-corrected chi connectivity index (χ1v) is 8.49. The van der Waals surface area contributed by atoms with Crippen LogP contribution in [-0.4, -0.2) is 34.3 Å². The van der Waals surface area contributed by atoms with E-state index in [1.165, 1.54) is 12.1 Å². The summed E-state index contributed by atoms with van der Waals surface area (Å²) < 4.78 is 14.5. The fourth-order valence-electron chi connectivity index (χ4n) is 2.66. The van der Waals surface area contributed by atoms with Gasteiger partial charge in [-0.1, -0.05) is 24.3 Å². The molecule has 27 heavy (non-hydrogen) atoms.